The van der Waals surface area contributed by atoms with E-state index in [0.29, 0.717) is 23.0 Å². The zero-order chi connectivity index (χ0) is 13.9. The summed E-state index contributed by atoms with van der Waals surface area (Å²) >= 11 is 6.10. The number of aliphatic hydroxyl groups is 1. The average molecular weight is 282 g/mol. The summed E-state index contributed by atoms with van der Waals surface area (Å²) in [5.74, 6) is 0. The molecule has 2 rings (SSSR count). The number of rotatable bonds is 4. The Balaban J connectivity index is 1.87. The monoisotopic (exact) mass is 281 g/mol. The summed E-state index contributed by atoms with van der Waals surface area (Å²) in [5.41, 5.74) is 1.23. The van der Waals surface area contributed by atoms with Crippen LogP contribution in [0.5, 0.6) is 0 Å². The van der Waals surface area contributed by atoms with Crippen LogP contribution in [0.15, 0.2) is 24.3 Å². The van der Waals surface area contributed by atoms with Crippen LogP contribution in [-0.4, -0.2) is 17.7 Å². The number of hydrogen-bond acceptors (Lipinski definition) is 2. The number of nitrogens with one attached hydrogen (secondary N) is 1. The molecular weight excluding hydrogens is 258 g/mol. The Kier molecular flexibility index (Phi) is 4.88. The van der Waals surface area contributed by atoms with E-state index < -0.39 is 6.10 Å². The summed E-state index contributed by atoms with van der Waals surface area (Å²) in [6, 6.07) is 8.02. The third-order valence-corrected chi connectivity index (χ3v) is 4.41. The first kappa shape index (κ1) is 14.8. The number of benzene rings is 1. The second-order valence-electron chi connectivity index (χ2n) is 6.40. The molecule has 1 aliphatic carbocycles. The van der Waals surface area contributed by atoms with E-state index in [2.05, 4.69) is 19.2 Å². The van der Waals surface area contributed by atoms with E-state index in [4.69, 9.17) is 11.6 Å². The Morgan fingerprint density at radius 3 is 2.84 bits per heavy atom. The van der Waals surface area contributed by atoms with Crippen molar-refractivity contribution in [1.29, 1.82) is 0 Å². The maximum absolute atomic E-state index is 10.2. The van der Waals surface area contributed by atoms with Crippen LogP contribution in [0.1, 0.15) is 51.2 Å². The molecule has 1 aromatic rings. The predicted molar refractivity (Wildman–Crippen MR) is 80.5 cm³/mol. The van der Waals surface area contributed by atoms with E-state index in [0.717, 1.165) is 5.56 Å². The van der Waals surface area contributed by atoms with Crippen LogP contribution in [-0.2, 0) is 0 Å². The van der Waals surface area contributed by atoms with Crippen molar-refractivity contribution in [3.05, 3.63) is 34.9 Å². The fourth-order valence-electron chi connectivity index (χ4n) is 3.01. The van der Waals surface area contributed by atoms with Gasteiger partial charge in [-0.25, -0.2) is 0 Å². The van der Waals surface area contributed by atoms with Gasteiger partial charge in [0.1, 0.15) is 0 Å². The highest BCUT2D eigenvalue weighted by atomic mass is 35.5. The van der Waals surface area contributed by atoms with Crippen LogP contribution in [0.3, 0.4) is 0 Å². The molecule has 0 saturated heterocycles. The van der Waals surface area contributed by atoms with Crippen molar-refractivity contribution >= 4 is 11.6 Å². The van der Waals surface area contributed by atoms with E-state index in [1.807, 2.05) is 24.3 Å². The minimum atomic E-state index is -0.529. The molecule has 2 nitrogen and oxygen atoms in total. The van der Waals surface area contributed by atoms with Gasteiger partial charge < -0.3 is 10.4 Å². The molecule has 2 N–H and O–H groups in total. The molecule has 0 aromatic heterocycles. The topological polar surface area (TPSA) is 32.3 Å². The summed E-state index contributed by atoms with van der Waals surface area (Å²) in [5, 5.41) is 14.3. The Hall–Kier alpha value is -0.570. The molecule has 0 radical (unpaired) electrons. The molecule has 2 atom stereocenters. The van der Waals surface area contributed by atoms with Crippen LogP contribution in [0.4, 0.5) is 0 Å². The standard InChI is InChI=1S/C16H24ClNO/c1-16(2)9-5-6-12(10-16)18-11-15(19)13-7-3-4-8-14(13)17/h3-4,7-8,12,15,18-19H,5-6,9-11H2,1-2H3. The molecule has 0 bridgehead atoms. The van der Waals surface area contributed by atoms with Crippen molar-refractivity contribution in [3.63, 3.8) is 0 Å². The average Bonchev–Trinajstić information content (AvgIpc) is 2.35. The summed E-state index contributed by atoms with van der Waals surface area (Å²) in [4.78, 5) is 0. The van der Waals surface area contributed by atoms with Crippen LogP contribution in [0.25, 0.3) is 0 Å². The summed E-state index contributed by atoms with van der Waals surface area (Å²) in [6.45, 7) is 5.22. The van der Waals surface area contributed by atoms with Gasteiger partial charge in [-0.2, -0.15) is 0 Å². The first-order chi connectivity index (χ1) is 8.98. The van der Waals surface area contributed by atoms with Crippen LogP contribution in [0.2, 0.25) is 5.02 Å². The van der Waals surface area contributed by atoms with Gasteiger partial charge in [-0.05, 0) is 30.7 Å². The lowest BCUT2D eigenvalue weighted by Crippen LogP contribution is -2.39. The van der Waals surface area contributed by atoms with E-state index in [1.54, 1.807) is 0 Å². The summed E-state index contributed by atoms with van der Waals surface area (Å²) < 4.78 is 0. The number of aliphatic hydroxyl groups excluding tert-OH is 1. The molecule has 19 heavy (non-hydrogen) atoms. The lowest BCUT2D eigenvalue weighted by molar-refractivity contribution is 0.147. The second-order valence-corrected chi connectivity index (χ2v) is 6.81. The smallest absolute Gasteiger partial charge is 0.0928 e. The molecular formula is C16H24ClNO. The van der Waals surface area contributed by atoms with Gasteiger partial charge in [0.15, 0.2) is 0 Å². The van der Waals surface area contributed by atoms with Crippen molar-refractivity contribution in [2.24, 2.45) is 5.41 Å². The van der Waals surface area contributed by atoms with E-state index in [9.17, 15) is 5.11 Å². The first-order valence-corrected chi connectivity index (χ1v) is 7.52. The van der Waals surface area contributed by atoms with Gasteiger partial charge >= 0.3 is 0 Å². The lowest BCUT2D eigenvalue weighted by atomic mass is 9.75. The summed E-state index contributed by atoms with van der Waals surface area (Å²) in [6.07, 6.45) is 4.44. The quantitative estimate of drug-likeness (QED) is 0.876. The lowest BCUT2D eigenvalue weighted by Gasteiger charge is -2.36. The van der Waals surface area contributed by atoms with Crippen molar-refractivity contribution in [3.8, 4) is 0 Å². The highest BCUT2D eigenvalue weighted by Gasteiger charge is 2.28. The van der Waals surface area contributed by atoms with Crippen molar-refractivity contribution in [2.45, 2.75) is 51.7 Å². The second kappa shape index (κ2) is 6.25. The van der Waals surface area contributed by atoms with Crippen molar-refractivity contribution in [1.82, 2.24) is 5.32 Å². The van der Waals surface area contributed by atoms with E-state index >= 15 is 0 Å². The Morgan fingerprint density at radius 1 is 1.42 bits per heavy atom. The van der Waals surface area contributed by atoms with Crippen LogP contribution in [0, 0.1) is 5.41 Å². The summed E-state index contributed by atoms with van der Waals surface area (Å²) in [7, 11) is 0. The molecule has 3 heteroatoms. The fraction of sp³-hybridized carbons (Fsp3) is 0.625. The van der Waals surface area contributed by atoms with E-state index in [1.165, 1.54) is 25.7 Å². The molecule has 2 unspecified atom stereocenters. The number of halogens is 1. The Bertz CT molecular complexity index is 419. The van der Waals surface area contributed by atoms with Crippen molar-refractivity contribution in [2.75, 3.05) is 6.54 Å². The van der Waals surface area contributed by atoms with Crippen molar-refractivity contribution < 1.29 is 5.11 Å². The predicted octanol–water partition coefficient (Wildman–Crippen LogP) is 3.93. The van der Waals surface area contributed by atoms with Gasteiger partial charge in [-0.1, -0.05) is 50.1 Å². The molecule has 1 aromatic carbocycles. The molecule has 1 saturated carbocycles. The third kappa shape index (κ3) is 4.20. The Morgan fingerprint density at radius 2 is 2.16 bits per heavy atom. The largest absolute Gasteiger partial charge is 0.387 e. The normalized spacial score (nSPS) is 24.1. The maximum atomic E-state index is 10.2. The third-order valence-electron chi connectivity index (χ3n) is 4.07. The van der Waals surface area contributed by atoms with Gasteiger partial charge in [-0.3, -0.25) is 0 Å². The zero-order valence-corrected chi connectivity index (χ0v) is 12.6. The first-order valence-electron chi connectivity index (χ1n) is 7.14. The van der Waals surface area contributed by atoms with Crippen LogP contribution < -0.4 is 5.32 Å². The molecule has 106 valence electrons. The van der Waals surface area contributed by atoms with Gasteiger partial charge in [0.2, 0.25) is 0 Å². The van der Waals surface area contributed by atoms with Gasteiger partial charge in [0.05, 0.1) is 6.10 Å². The molecule has 1 fully saturated rings. The molecule has 1 aliphatic rings. The minimum absolute atomic E-state index is 0.422. The Labute approximate surface area is 121 Å². The van der Waals surface area contributed by atoms with Gasteiger partial charge in [0, 0.05) is 23.2 Å². The molecule has 0 amide bonds. The molecule has 0 aliphatic heterocycles. The highest BCUT2D eigenvalue weighted by molar-refractivity contribution is 6.31. The fourth-order valence-corrected chi connectivity index (χ4v) is 3.27. The SMILES string of the molecule is CC1(C)CCCC(NCC(O)c2ccccc2Cl)C1. The zero-order valence-electron chi connectivity index (χ0n) is 11.8. The van der Waals surface area contributed by atoms with Gasteiger partial charge in [-0.15, -0.1) is 0 Å². The van der Waals surface area contributed by atoms with E-state index in [-0.39, 0.29) is 0 Å². The number of hydrogen-bond donors (Lipinski definition) is 2. The van der Waals surface area contributed by atoms with Gasteiger partial charge in [0.25, 0.3) is 0 Å². The highest BCUT2D eigenvalue weighted by Crippen LogP contribution is 2.35. The molecule has 0 heterocycles. The van der Waals surface area contributed by atoms with Crippen LogP contribution >= 0.6 is 11.6 Å². The minimum Gasteiger partial charge on any atom is -0.387 e. The molecule has 0 spiro atoms. The maximum Gasteiger partial charge on any atom is 0.0928 e.